The van der Waals surface area contributed by atoms with Crippen LogP contribution in [0.4, 0.5) is 0 Å². The molecule has 0 saturated carbocycles. The summed E-state index contributed by atoms with van der Waals surface area (Å²) in [5, 5.41) is 3.34. The van der Waals surface area contributed by atoms with Crippen LogP contribution in [-0.4, -0.2) is 60.2 Å². The molecule has 20 heavy (non-hydrogen) atoms. The second-order valence-corrected chi connectivity index (χ2v) is 5.47. The number of aromatic amines is 1. The van der Waals surface area contributed by atoms with Crippen molar-refractivity contribution in [1.82, 2.24) is 20.2 Å². The summed E-state index contributed by atoms with van der Waals surface area (Å²) in [5.74, 6) is 0.0313. The van der Waals surface area contributed by atoms with Crippen molar-refractivity contribution in [3.8, 4) is 0 Å². The molecule has 112 valence electrons. The van der Waals surface area contributed by atoms with Crippen LogP contribution in [0.2, 0.25) is 5.15 Å². The van der Waals surface area contributed by atoms with E-state index in [0.717, 1.165) is 25.2 Å². The van der Waals surface area contributed by atoms with Gasteiger partial charge < -0.3 is 19.9 Å². The smallest absolute Gasteiger partial charge is 0.287 e. The maximum absolute atomic E-state index is 12.2. The van der Waals surface area contributed by atoms with Crippen molar-refractivity contribution in [2.75, 3.05) is 27.2 Å². The number of likely N-dealkylation sites (N-methyl/N-ethyl adjacent to an activating group) is 1. The Morgan fingerprint density at radius 1 is 1.65 bits per heavy atom. The number of hydrogen-bond donors (Lipinski definition) is 2. The van der Waals surface area contributed by atoms with Gasteiger partial charge in [-0.25, -0.2) is 4.98 Å². The van der Waals surface area contributed by atoms with Gasteiger partial charge in [-0.1, -0.05) is 18.5 Å². The van der Waals surface area contributed by atoms with Gasteiger partial charge in [0.1, 0.15) is 0 Å². The van der Waals surface area contributed by atoms with Crippen molar-refractivity contribution in [2.45, 2.75) is 31.9 Å². The van der Waals surface area contributed by atoms with E-state index in [-0.39, 0.29) is 23.9 Å². The number of halogens is 1. The summed E-state index contributed by atoms with van der Waals surface area (Å²) < 4.78 is 5.45. The zero-order valence-corrected chi connectivity index (χ0v) is 12.8. The van der Waals surface area contributed by atoms with E-state index in [1.807, 2.05) is 14.0 Å². The lowest BCUT2D eigenvalue weighted by Gasteiger charge is -2.35. The molecule has 2 N–H and O–H groups in total. The van der Waals surface area contributed by atoms with Gasteiger partial charge in [0.05, 0.1) is 17.8 Å². The minimum Gasteiger partial charge on any atom is -0.378 e. The van der Waals surface area contributed by atoms with Crippen LogP contribution < -0.4 is 5.32 Å². The van der Waals surface area contributed by atoms with Crippen molar-refractivity contribution < 1.29 is 9.53 Å². The van der Waals surface area contributed by atoms with Gasteiger partial charge in [0.25, 0.3) is 5.91 Å². The van der Waals surface area contributed by atoms with Crippen LogP contribution in [0.1, 0.15) is 29.7 Å². The quantitative estimate of drug-likeness (QED) is 0.873. The Hall–Kier alpha value is -1.11. The summed E-state index contributed by atoms with van der Waals surface area (Å²) in [6.45, 7) is 3.70. The molecular weight excluding hydrogens is 280 g/mol. The second kappa shape index (κ2) is 6.56. The van der Waals surface area contributed by atoms with Crippen molar-refractivity contribution >= 4 is 17.5 Å². The number of nitrogens with zero attached hydrogens (tertiary/aromatic N) is 2. The molecule has 1 aromatic rings. The number of carbonyl (C=O) groups excluding carboxylic acids is 1. The summed E-state index contributed by atoms with van der Waals surface area (Å²) >= 11 is 5.95. The molecule has 1 unspecified atom stereocenters. The van der Waals surface area contributed by atoms with Crippen molar-refractivity contribution in [3.63, 3.8) is 0 Å². The molecule has 0 aliphatic carbocycles. The van der Waals surface area contributed by atoms with Gasteiger partial charge in [0.15, 0.2) is 11.0 Å². The maximum Gasteiger partial charge on any atom is 0.287 e. The van der Waals surface area contributed by atoms with Crippen molar-refractivity contribution in [3.05, 3.63) is 16.7 Å². The first-order chi connectivity index (χ1) is 9.55. The summed E-state index contributed by atoms with van der Waals surface area (Å²) in [5.41, 5.74) is 0.781. The predicted octanol–water partition coefficient (Wildman–Crippen LogP) is 1.07. The highest BCUT2D eigenvalue weighted by atomic mass is 35.5. The molecule has 2 heterocycles. The largest absolute Gasteiger partial charge is 0.378 e. The van der Waals surface area contributed by atoms with E-state index < -0.39 is 0 Å². The number of H-pyrrole nitrogens is 1. The number of piperidine rings is 1. The lowest BCUT2D eigenvalue weighted by atomic mass is 10.0. The molecule has 1 fully saturated rings. The molecule has 6 nitrogen and oxygen atoms in total. The number of ether oxygens (including phenoxy) is 1. The fraction of sp³-hybridized carbons (Fsp3) is 0.692. The molecule has 1 amide bonds. The number of methoxy groups -OCH3 is 1. The van der Waals surface area contributed by atoms with E-state index >= 15 is 0 Å². The zero-order valence-electron chi connectivity index (χ0n) is 12.1. The summed E-state index contributed by atoms with van der Waals surface area (Å²) in [4.78, 5) is 21.4. The van der Waals surface area contributed by atoms with Gasteiger partial charge in [0.2, 0.25) is 0 Å². The van der Waals surface area contributed by atoms with Crippen LogP contribution in [0.15, 0.2) is 0 Å². The molecule has 1 aromatic heterocycles. The Labute approximate surface area is 123 Å². The lowest BCUT2D eigenvalue weighted by molar-refractivity contribution is 0.0141. The molecule has 0 radical (unpaired) electrons. The fourth-order valence-electron chi connectivity index (χ4n) is 2.44. The number of amides is 1. The zero-order chi connectivity index (χ0) is 14.7. The number of imidazole rings is 1. The highest BCUT2D eigenvalue weighted by Gasteiger charge is 2.29. The molecule has 1 saturated heterocycles. The number of aromatic nitrogens is 2. The molecule has 0 spiro atoms. The van der Waals surface area contributed by atoms with Crippen LogP contribution in [0.25, 0.3) is 0 Å². The summed E-state index contributed by atoms with van der Waals surface area (Å²) in [7, 11) is 3.71. The van der Waals surface area contributed by atoms with Gasteiger partial charge >= 0.3 is 0 Å². The Bertz CT molecular complexity index is 477. The van der Waals surface area contributed by atoms with Gasteiger partial charge in [-0.3, -0.25) is 4.79 Å². The molecule has 2 atom stereocenters. The molecule has 0 aromatic carbocycles. The number of nitrogens with one attached hydrogen (secondary N) is 2. The highest BCUT2D eigenvalue weighted by molar-refractivity contribution is 6.30. The average Bonchev–Trinajstić information content (AvgIpc) is 2.82. The van der Waals surface area contributed by atoms with Crippen LogP contribution >= 0.6 is 11.6 Å². The molecular formula is C13H21ClN4O2. The van der Waals surface area contributed by atoms with Crippen LogP contribution in [0.3, 0.4) is 0 Å². The molecule has 1 aliphatic heterocycles. The second-order valence-electron chi connectivity index (χ2n) is 5.11. The number of likely N-dealkylation sites (tertiary alicyclic amines) is 1. The van der Waals surface area contributed by atoms with Crippen LogP contribution in [0, 0.1) is 0 Å². The molecule has 1 aliphatic rings. The third kappa shape index (κ3) is 3.31. The predicted molar refractivity (Wildman–Crippen MR) is 77.1 cm³/mol. The normalized spacial score (nSPS) is 23.8. The van der Waals surface area contributed by atoms with Gasteiger partial charge in [-0.15, -0.1) is 0 Å². The van der Waals surface area contributed by atoms with Crippen molar-refractivity contribution in [2.24, 2.45) is 0 Å². The number of rotatable bonds is 4. The topological polar surface area (TPSA) is 70.2 Å². The monoisotopic (exact) mass is 300 g/mol. The number of carbonyl (C=O) groups is 1. The Morgan fingerprint density at radius 2 is 2.40 bits per heavy atom. The van der Waals surface area contributed by atoms with Gasteiger partial charge in [-0.05, 0) is 26.4 Å². The van der Waals surface area contributed by atoms with E-state index in [1.165, 1.54) is 0 Å². The standard InChI is InChI=1S/C13H21ClN4O2/c1-4-8-11(14)17-12(15-8)13(19)16-9-5-6-18(2)7-10(9)20-3/h9-10H,4-7H2,1-3H3,(H,15,17)(H,16,19)/t9?,10-/m0/s1. The molecule has 2 rings (SSSR count). The maximum atomic E-state index is 12.2. The Balaban J connectivity index is 2.02. The number of hydrogen-bond acceptors (Lipinski definition) is 4. The fourth-order valence-corrected chi connectivity index (χ4v) is 2.71. The summed E-state index contributed by atoms with van der Waals surface area (Å²) in [6.07, 6.45) is 1.57. The minimum atomic E-state index is -0.233. The third-order valence-electron chi connectivity index (χ3n) is 3.68. The lowest BCUT2D eigenvalue weighted by Crippen LogP contribution is -2.54. The first kappa shape index (κ1) is 15.3. The van der Waals surface area contributed by atoms with Crippen molar-refractivity contribution in [1.29, 1.82) is 0 Å². The first-order valence-corrected chi connectivity index (χ1v) is 7.19. The van der Waals surface area contributed by atoms with E-state index in [4.69, 9.17) is 16.3 Å². The minimum absolute atomic E-state index is 0.00217. The average molecular weight is 301 g/mol. The SMILES string of the molecule is CCc1[nH]c(C(=O)NC2CCN(C)C[C@@H]2OC)nc1Cl. The van der Waals surface area contributed by atoms with E-state index in [1.54, 1.807) is 7.11 Å². The van der Waals surface area contributed by atoms with Crippen LogP contribution in [0.5, 0.6) is 0 Å². The number of aryl methyl sites for hydroxylation is 1. The van der Waals surface area contributed by atoms with E-state index in [2.05, 4.69) is 20.2 Å². The van der Waals surface area contributed by atoms with Gasteiger partial charge in [0, 0.05) is 13.7 Å². The highest BCUT2D eigenvalue weighted by Crippen LogP contribution is 2.15. The summed E-state index contributed by atoms with van der Waals surface area (Å²) in [6, 6.07) is -0.00217. The Kier molecular flexibility index (Phi) is 5.01. The van der Waals surface area contributed by atoms with Gasteiger partial charge in [-0.2, -0.15) is 0 Å². The third-order valence-corrected chi connectivity index (χ3v) is 3.99. The van der Waals surface area contributed by atoms with Crippen LogP contribution in [-0.2, 0) is 11.2 Å². The molecule has 0 bridgehead atoms. The Morgan fingerprint density at radius 3 is 3.00 bits per heavy atom. The molecule has 7 heteroatoms. The first-order valence-electron chi connectivity index (χ1n) is 6.81. The van der Waals surface area contributed by atoms with E-state index in [9.17, 15) is 4.79 Å². The van der Waals surface area contributed by atoms with E-state index in [0.29, 0.717) is 11.6 Å².